The third kappa shape index (κ3) is 2.92. The van der Waals surface area contributed by atoms with E-state index in [-0.39, 0.29) is 36.0 Å². The second-order valence-corrected chi connectivity index (χ2v) is 11.6. The van der Waals surface area contributed by atoms with Gasteiger partial charge in [-0.3, -0.25) is 4.79 Å². The van der Waals surface area contributed by atoms with Crippen molar-refractivity contribution in [1.82, 2.24) is 4.98 Å². The van der Waals surface area contributed by atoms with Crippen molar-refractivity contribution in [3.63, 3.8) is 0 Å². The van der Waals surface area contributed by atoms with Crippen LogP contribution in [-0.4, -0.2) is 45.9 Å². The number of aryl methyl sites for hydroxylation is 1. The van der Waals surface area contributed by atoms with E-state index in [0.29, 0.717) is 17.0 Å². The zero-order chi connectivity index (χ0) is 23.9. The summed E-state index contributed by atoms with van der Waals surface area (Å²) in [6.45, 7) is 7.24. The van der Waals surface area contributed by atoms with Crippen molar-refractivity contribution in [2.75, 3.05) is 0 Å². The van der Waals surface area contributed by atoms with Crippen molar-refractivity contribution in [3.05, 3.63) is 39.9 Å². The molecule has 3 fully saturated rings. The smallest absolute Gasteiger partial charge is 0.350 e. The second-order valence-electron chi connectivity index (χ2n) is 10.8. The van der Waals surface area contributed by atoms with Gasteiger partial charge in [-0.1, -0.05) is 19.9 Å². The number of ketones is 1. The third-order valence-corrected chi connectivity index (χ3v) is 9.93. The van der Waals surface area contributed by atoms with Crippen molar-refractivity contribution in [3.8, 4) is 0 Å². The van der Waals surface area contributed by atoms with Gasteiger partial charge < -0.3 is 9.84 Å². The number of hydrogen-bond acceptors (Lipinski definition) is 6. The lowest BCUT2D eigenvalue weighted by atomic mass is 9.45. The zero-order valence-electron chi connectivity index (χ0n) is 19.2. The Morgan fingerprint density at radius 1 is 1.30 bits per heavy atom. The summed E-state index contributed by atoms with van der Waals surface area (Å²) in [6, 6.07) is 0. The molecule has 0 radical (unpaired) electrons. The average molecular weight is 478 g/mol. The maximum absolute atomic E-state index is 17.1. The Bertz CT molecular complexity index is 1080. The number of halogens is 2. The van der Waals surface area contributed by atoms with E-state index >= 15 is 8.78 Å². The molecule has 3 saturated carbocycles. The SMILES string of the molecule is Cc1ncsc1C(=O)O[C@@H]1[C@H](C)C[C@H]2[C@@H]3C[C@H](F)C4=CC(=O)C=C[C@]4(C)[C@@]3(F)C(O)C[C@]12C. The van der Waals surface area contributed by atoms with E-state index in [0.717, 1.165) is 0 Å². The Morgan fingerprint density at radius 3 is 2.70 bits per heavy atom. The fourth-order valence-corrected chi connectivity index (χ4v) is 8.13. The molecule has 0 bridgehead atoms. The Morgan fingerprint density at radius 2 is 2.03 bits per heavy atom. The average Bonchev–Trinajstić information content (AvgIpc) is 3.28. The number of alkyl halides is 2. The number of thiazole rings is 1. The summed E-state index contributed by atoms with van der Waals surface area (Å²) in [5.74, 6) is -1.93. The minimum atomic E-state index is -2.12. The Kier molecular flexibility index (Phi) is 5.04. The predicted molar refractivity (Wildman–Crippen MR) is 119 cm³/mol. The van der Waals surface area contributed by atoms with Crippen molar-refractivity contribution < 1.29 is 28.2 Å². The van der Waals surface area contributed by atoms with Crippen LogP contribution in [0.15, 0.2) is 29.3 Å². The molecule has 4 aliphatic rings. The number of nitrogens with zero attached hydrogens (tertiary/aromatic N) is 1. The molecule has 5 rings (SSSR count). The molecule has 0 amide bonds. The molecule has 1 aromatic heterocycles. The first-order valence-corrected chi connectivity index (χ1v) is 12.4. The fraction of sp³-hybridized carbons (Fsp3) is 0.640. The van der Waals surface area contributed by atoms with Crippen molar-refractivity contribution in [1.29, 1.82) is 0 Å². The lowest BCUT2D eigenvalue weighted by molar-refractivity contribution is -0.207. The summed E-state index contributed by atoms with van der Waals surface area (Å²) in [5.41, 5.74) is -1.90. The van der Waals surface area contributed by atoms with E-state index in [4.69, 9.17) is 4.74 Å². The van der Waals surface area contributed by atoms with Gasteiger partial charge in [0.15, 0.2) is 11.5 Å². The van der Waals surface area contributed by atoms with E-state index < -0.39 is 46.8 Å². The molecule has 9 atom stereocenters. The molecule has 33 heavy (non-hydrogen) atoms. The number of aliphatic hydroxyl groups excluding tert-OH is 1. The summed E-state index contributed by atoms with van der Waals surface area (Å²) in [5, 5.41) is 11.3. The van der Waals surface area contributed by atoms with Crippen LogP contribution in [0.5, 0.6) is 0 Å². The van der Waals surface area contributed by atoms with Crippen LogP contribution in [-0.2, 0) is 9.53 Å². The molecule has 4 aliphatic carbocycles. The summed E-state index contributed by atoms with van der Waals surface area (Å²) in [4.78, 5) is 29.4. The molecule has 1 unspecified atom stereocenters. The van der Waals surface area contributed by atoms with E-state index in [1.807, 2.05) is 13.8 Å². The topological polar surface area (TPSA) is 76.5 Å². The van der Waals surface area contributed by atoms with Crippen molar-refractivity contribution in [2.24, 2.45) is 28.6 Å². The van der Waals surface area contributed by atoms with Crippen molar-refractivity contribution in [2.45, 2.75) is 71.0 Å². The molecule has 8 heteroatoms. The quantitative estimate of drug-likeness (QED) is 0.633. The highest BCUT2D eigenvalue weighted by molar-refractivity contribution is 7.11. The molecule has 178 valence electrons. The van der Waals surface area contributed by atoms with Crippen LogP contribution in [0.1, 0.15) is 55.4 Å². The maximum atomic E-state index is 17.1. The summed E-state index contributed by atoms with van der Waals surface area (Å²) < 4.78 is 38.5. The Balaban J connectivity index is 1.52. The van der Waals surface area contributed by atoms with Gasteiger partial charge in [0.1, 0.15) is 17.2 Å². The van der Waals surface area contributed by atoms with Gasteiger partial charge in [0.25, 0.3) is 0 Å². The van der Waals surface area contributed by atoms with Crippen LogP contribution in [0.3, 0.4) is 0 Å². The molecule has 1 aromatic rings. The minimum Gasteiger partial charge on any atom is -0.457 e. The van der Waals surface area contributed by atoms with Crippen LogP contribution in [0.25, 0.3) is 0 Å². The van der Waals surface area contributed by atoms with Gasteiger partial charge in [0, 0.05) is 16.7 Å². The van der Waals surface area contributed by atoms with E-state index in [9.17, 15) is 14.7 Å². The van der Waals surface area contributed by atoms with Gasteiger partial charge in [0.05, 0.1) is 17.3 Å². The molecule has 1 N–H and O–H groups in total. The third-order valence-electron chi connectivity index (χ3n) is 9.02. The zero-order valence-corrected chi connectivity index (χ0v) is 20.0. The van der Waals surface area contributed by atoms with Gasteiger partial charge in [-0.2, -0.15) is 0 Å². The summed E-state index contributed by atoms with van der Waals surface area (Å²) in [6.07, 6.45) is 1.10. The van der Waals surface area contributed by atoms with E-state index in [1.54, 1.807) is 19.4 Å². The molecule has 0 aliphatic heterocycles. The molecule has 0 spiro atoms. The predicted octanol–water partition coefficient (Wildman–Crippen LogP) is 4.54. The number of hydrogen-bond donors (Lipinski definition) is 1. The molecular formula is C25H29F2NO4S. The van der Waals surface area contributed by atoms with Gasteiger partial charge in [-0.15, -0.1) is 11.3 Å². The second kappa shape index (κ2) is 7.28. The van der Waals surface area contributed by atoms with Crippen LogP contribution < -0.4 is 0 Å². The fourth-order valence-electron chi connectivity index (χ4n) is 7.45. The first kappa shape index (κ1) is 22.8. The monoisotopic (exact) mass is 477 g/mol. The number of aliphatic hydroxyl groups is 1. The molecule has 5 nitrogen and oxygen atoms in total. The van der Waals surface area contributed by atoms with E-state index in [1.165, 1.54) is 29.6 Å². The van der Waals surface area contributed by atoms with Gasteiger partial charge in [0.2, 0.25) is 0 Å². The number of fused-ring (bicyclic) bond motifs is 5. The number of carbonyl (C=O) groups excluding carboxylic acids is 2. The number of carbonyl (C=O) groups is 2. The maximum Gasteiger partial charge on any atom is 0.350 e. The standard InChI is InChI=1S/C25H29F2NO4S/c1-12-7-15-16-9-18(26)17-8-14(29)5-6-24(17,4)25(16,27)19(30)10-23(15,3)21(12)32-22(31)20-13(2)28-11-33-20/h5-6,8,11-12,15-16,18-19,21,30H,7,9-10H2,1-4H3/t12-,15+,16+,18+,19?,21-,23+,24+,25+/m1/s1. The molecular weight excluding hydrogens is 448 g/mol. The van der Waals surface area contributed by atoms with Gasteiger partial charge in [-0.25, -0.2) is 18.6 Å². The highest BCUT2D eigenvalue weighted by Crippen LogP contribution is 2.69. The van der Waals surface area contributed by atoms with Crippen LogP contribution in [0.2, 0.25) is 0 Å². The van der Waals surface area contributed by atoms with Crippen molar-refractivity contribution >= 4 is 23.1 Å². The van der Waals surface area contributed by atoms with Crippen LogP contribution in [0, 0.1) is 35.5 Å². The lowest BCUT2D eigenvalue weighted by Crippen LogP contribution is -2.68. The summed E-state index contributed by atoms with van der Waals surface area (Å²) >= 11 is 1.21. The highest BCUT2D eigenvalue weighted by Gasteiger charge is 2.73. The van der Waals surface area contributed by atoms with Gasteiger partial charge in [-0.05, 0) is 62.7 Å². The Hall–Kier alpha value is -1.93. The minimum absolute atomic E-state index is 0.0713. The largest absolute Gasteiger partial charge is 0.457 e. The number of rotatable bonds is 2. The first-order chi connectivity index (χ1) is 15.4. The molecule has 1 heterocycles. The normalized spacial score (nSPS) is 46.3. The first-order valence-electron chi connectivity index (χ1n) is 11.5. The summed E-state index contributed by atoms with van der Waals surface area (Å²) in [7, 11) is 0. The number of ether oxygens (including phenoxy) is 1. The number of allylic oxidation sites excluding steroid dienone is 4. The van der Waals surface area contributed by atoms with Gasteiger partial charge >= 0.3 is 5.97 Å². The Labute approximate surface area is 195 Å². The molecule has 0 aromatic carbocycles. The van der Waals surface area contributed by atoms with Crippen LogP contribution in [0.4, 0.5) is 8.78 Å². The lowest BCUT2D eigenvalue weighted by Gasteiger charge is -2.62. The number of esters is 1. The van der Waals surface area contributed by atoms with E-state index in [2.05, 4.69) is 4.98 Å². The molecule has 0 saturated heterocycles. The highest BCUT2D eigenvalue weighted by atomic mass is 32.1. The van der Waals surface area contributed by atoms with Crippen LogP contribution >= 0.6 is 11.3 Å². The number of aromatic nitrogens is 1.